The van der Waals surface area contributed by atoms with Crippen LogP contribution in [0.5, 0.6) is 0 Å². The molecule has 0 spiro atoms. The summed E-state index contributed by atoms with van der Waals surface area (Å²) >= 11 is 1.75. The first-order valence-electron chi connectivity index (χ1n) is 5.44. The van der Waals surface area contributed by atoms with Gasteiger partial charge >= 0.3 is 6.09 Å². The minimum absolute atomic E-state index is 0.0230. The SMILES string of the molecule is CC1(c2ccccc2)OC(CO)CS1.NC(=O)O. The molecule has 4 N–H and O–H groups in total. The highest BCUT2D eigenvalue weighted by Gasteiger charge is 2.37. The van der Waals surface area contributed by atoms with Gasteiger partial charge in [0, 0.05) is 5.75 Å². The average molecular weight is 271 g/mol. The summed E-state index contributed by atoms with van der Waals surface area (Å²) in [4.78, 5) is 8.49. The smallest absolute Gasteiger partial charge is 0.402 e. The van der Waals surface area contributed by atoms with Crippen LogP contribution in [0.2, 0.25) is 0 Å². The number of amides is 1. The normalized spacial score (nSPS) is 26.2. The molecule has 100 valence electrons. The molecule has 2 unspecified atom stereocenters. The topological polar surface area (TPSA) is 92.8 Å². The van der Waals surface area contributed by atoms with Crippen molar-refractivity contribution >= 4 is 17.9 Å². The van der Waals surface area contributed by atoms with Crippen LogP contribution in [0, 0.1) is 0 Å². The quantitative estimate of drug-likeness (QED) is 0.760. The number of nitrogens with two attached hydrogens (primary N) is 1. The van der Waals surface area contributed by atoms with E-state index in [1.165, 1.54) is 5.56 Å². The molecule has 6 heteroatoms. The van der Waals surface area contributed by atoms with Gasteiger partial charge in [0.25, 0.3) is 0 Å². The minimum Gasteiger partial charge on any atom is -0.465 e. The molecule has 1 aromatic carbocycles. The van der Waals surface area contributed by atoms with Crippen molar-refractivity contribution in [2.24, 2.45) is 5.73 Å². The maximum absolute atomic E-state index is 9.01. The highest BCUT2D eigenvalue weighted by atomic mass is 32.2. The fourth-order valence-corrected chi connectivity index (χ4v) is 2.80. The van der Waals surface area contributed by atoms with Crippen LogP contribution in [-0.4, -0.2) is 34.8 Å². The molecule has 5 nitrogen and oxygen atoms in total. The van der Waals surface area contributed by atoms with E-state index in [0.29, 0.717) is 0 Å². The molecular weight excluding hydrogens is 254 g/mol. The maximum Gasteiger partial charge on any atom is 0.402 e. The molecule has 1 amide bonds. The van der Waals surface area contributed by atoms with Crippen molar-refractivity contribution in [1.29, 1.82) is 0 Å². The Hall–Kier alpha value is -1.24. The number of hydrogen-bond donors (Lipinski definition) is 3. The van der Waals surface area contributed by atoms with E-state index in [1.807, 2.05) is 18.2 Å². The fraction of sp³-hybridized carbons (Fsp3) is 0.417. The third-order valence-electron chi connectivity index (χ3n) is 2.44. The van der Waals surface area contributed by atoms with Crippen LogP contribution >= 0.6 is 11.8 Å². The standard InChI is InChI=1S/C11H14O2S.CH3NO2/c1-11(9-5-3-2-4-6-9)13-10(7-12)8-14-11;2-1(3)4/h2-6,10,12H,7-8H2,1H3;2H2,(H,3,4). The highest BCUT2D eigenvalue weighted by Crippen LogP contribution is 2.44. The predicted molar refractivity (Wildman–Crippen MR) is 70.4 cm³/mol. The summed E-state index contributed by atoms with van der Waals surface area (Å²) < 4.78 is 5.80. The molecule has 2 atom stereocenters. The Morgan fingerprint density at radius 1 is 1.56 bits per heavy atom. The van der Waals surface area contributed by atoms with Gasteiger partial charge in [-0.2, -0.15) is 0 Å². The number of aliphatic hydroxyl groups excluding tert-OH is 1. The van der Waals surface area contributed by atoms with Gasteiger partial charge in [0.05, 0.1) is 12.7 Å². The number of ether oxygens (including phenoxy) is 1. The molecule has 1 aromatic rings. The lowest BCUT2D eigenvalue weighted by molar-refractivity contribution is -0.0249. The van der Waals surface area contributed by atoms with E-state index in [-0.39, 0.29) is 17.6 Å². The monoisotopic (exact) mass is 271 g/mol. The summed E-state index contributed by atoms with van der Waals surface area (Å²) in [5.41, 5.74) is 5.20. The van der Waals surface area contributed by atoms with Crippen molar-refractivity contribution < 1.29 is 19.7 Å². The molecule has 1 aliphatic rings. The van der Waals surface area contributed by atoms with Crippen LogP contribution in [0.4, 0.5) is 4.79 Å². The molecule has 18 heavy (non-hydrogen) atoms. The van der Waals surface area contributed by atoms with Crippen LogP contribution in [0.3, 0.4) is 0 Å². The van der Waals surface area contributed by atoms with E-state index in [4.69, 9.17) is 19.7 Å². The second-order valence-electron chi connectivity index (χ2n) is 3.88. The molecule has 0 radical (unpaired) electrons. The van der Waals surface area contributed by atoms with E-state index in [1.54, 1.807) is 11.8 Å². The van der Waals surface area contributed by atoms with Crippen molar-refractivity contribution in [3.63, 3.8) is 0 Å². The third-order valence-corrected chi connectivity index (χ3v) is 3.86. The number of carbonyl (C=O) groups is 1. The Labute approximate surface area is 110 Å². The third kappa shape index (κ3) is 4.21. The van der Waals surface area contributed by atoms with Gasteiger partial charge in [-0.25, -0.2) is 4.79 Å². The summed E-state index contributed by atoms with van der Waals surface area (Å²) in [6, 6.07) is 10.1. The van der Waals surface area contributed by atoms with Gasteiger partial charge < -0.3 is 20.7 Å². The summed E-state index contributed by atoms with van der Waals surface area (Å²) in [6.07, 6.45) is -1.36. The van der Waals surface area contributed by atoms with Gasteiger partial charge in [0.15, 0.2) is 0 Å². The molecule has 1 heterocycles. The Balaban J connectivity index is 0.000000357. The van der Waals surface area contributed by atoms with Crippen LogP contribution in [0.25, 0.3) is 0 Å². The highest BCUT2D eigenvalue weighted by molar-refractivity contribution is 8.00. The molecule has 0 saturated carbocycles. The van der Waals surface area contributed by atoms with E-state index in [2.05, 4.69) is 24.8 Å². The van der Waals surface area contributed by atoms with Gasteiger partial charge in [-0.05, 0) is 12.5 Å². The Morgan fingerprint density at radius 2 is 2.11 bits per heavy atom. The van der Waals surface area contributed by atoms with Crippen molar-refractivity contribution in [1.82, 2.24) is 0 Å². The van der Waals surface area contributed by atoms with Crippen LogP contribution in [-0.2, 0) is 9.67 Å². The van der Waals surface area contributed by atoms with E-state index in [9.17, 15) is 0 Å². The zero-order valence-electron chi connectivity index (χ0n) is 10.1. The summed E-state index contributed by atoms with van der Waals surface area (Å²) in [5.74, 6) is 0.863. The number of rotatable bonds is 2. The van der Waals surface area contributed by atoms with Crippen LogP contribution < -0.4 is 5.73 Å². The second-order valence-corrected chi connectivity index (χ2v) is 5.28. The number of carboxylic acid groups (broad SMARTS) is 1. The number of hydrogen-bond acceptors (Lipinski definition) is 4. The van der Waals surface area contributed by atoms with Crippen LogP contribution in [0.1, 0.15) is 12.5 Å². The van der Waals surface area contributed by atoms with Crippen molar-refractivity contribution in [2.45, 2.75) is 18.0 Å². The molecule has 2 rings (SSSR count). The number of primary amides is 1. The summed E-state index contributed by atoms with van der Waals surface area (Å²) in [6.45, 7) is 2.16. The largest absolute Gasteiger partial charge is 0.465 e. The molecule has 1 aliphatic heterocycles. The number of benzene rings is 1. The lowest BCUT2D eigenvalue weighted by Gasteiger charge is -2.23. The first-order valence-corrected chi connectivity index (χ1v) is 6.43. The first-order chi connectivity index (χ1) is 8.48. The summed E-state index contributed by atoms with van der Waals surface area (Å²) in [7, 11) is 0. The fourth-order valence-electron chi connectivity index (χ4n) is 1.62. The van der Waals surface area contributed by atoms with Crippen molar-refractivity contribution in [2.75, 3.05) is 12.4 Å². The Bertz CT molecular complexity index is 383. The number of thioether (sulfide) groups is 1. The zero-order valence-corrected chi connectivity index (χ0v) is 10.9. The Kier molecular flexibility index (Phi) is 5.46. The van der Waals surface area contributed by atoms with Gasteiger partial charge in [-0.1, -0.05) is 30.3 Å². The van der Waals surface area contributed by atoms with Crippen LogP contribution in [0.15, 0.2) is 30.3 Å². The summed E-state index contributed by atoms with van der Waals surface area (Å²) in [5, 5.41) is 16.2. The van der Waals surface area contributed by atoms with Gasteiger partial charge in [-0.15, -0.1) is 11.8 Å². The minimum atomic E-state index is -1.33. The van der Waals surface area contributed by atoms with E-state index >= 15 is 0 Å². The molecule has 0 bridgehead atoms. The lowest BCUT2D eigenvalue weighted by Crippen LogP contribution is -2.22. The van der Waals surface area contributed by atoms with Gasteiger partial charge in [0.2, 0.25) is 0 Å². The van der Waals surface area contributed by atoms with Gasteiger partial charge in [0.1, 0.15) is 4.93 Å². The maximum atomic E-state index is 9.01. The molecule has 0 aliphatic carbocycles. The molecule has 1 fully saturated rings. The number of aliphatic hydroxyl groups is 1. The zero-order chi connectivity index (χ0) is 13.6. The Morgan fingerprint density at radius 3 is 2.56 bits per heavy atom. The van der Waals surface area contributed by atoms with E-state index in [0.717, 1.165) is 5.75 Å². The van der Waals surface area contributed by atoms with Gasteiger partial charge in [-0.3, -0.25) is 0 Å². The molecule has 0 aromatic heterocycles. The average Bonchev–Trinajstić information content (AvgIpc) is 2.73. The first kappa shape index (κ1) is 14.8. The molecular formula is C12H17NO4S. The van der Waals surface area contributed by atoms with Crippen molar-refractivity contribution in [3.05, 3.63) is 35.9 Å². The van der Waals surface area contributed by atoms with E-state index < -0.39 is 6.09 Å². The molecule has 1 saturated heterocycles. The van der Waals surface area contributed by atoms with Crippen molar-refractivity contribution in [3.8, 4) is 0 Å². The predicted octanol–water partition coefficient (Wildman–Crippen LogP) is 1.61. The lowest BCUT2D eigenvalue weighted by atomic mass is 10.1. The second kappa shape index (κ2) is 6.63.